The third kappa shape index (κ3) is 4.54. The van der Waals surface area contributed by atoms with Crippen molar-refractivity contribution in [2.24, 2.45) is 0 Å². The second-order valence-electron chi connectivity index (χ2n) is 5.78. The van der Waals surface area contributed by atoms with Gasteiger partial charge in [0, 0.05) is 48.6 Å². The monoisotopic (exact) mass is 339 g/mol. The van der Waals surface area contributed by atoms with Gasteiger partial charge in [-0.15, -0.1) is 0 Å². The molecular formula is C16H26BrN3. The molecule has 1 saturated heterocycles. The van der Waals surface area contributed by atoms with E-state index in [1.54, 1.807) is 0 Å². The molecule has 1 aliphatic rings. The van der Waals surface area contributed by atoms with Gasteiger partial charge in [-0.05, 0) is 40.4 Å². The van der Waals surface area contributed by atoms with Gasteiger partial charge in [0.25, 0.3) is 0 Å². The van der Waals surface area contributed by atoms with Gasteiger partial charge in [0.05, 0.1) is 0 Å². The molecule has 1 aliphatic heterocycles. The van der Waals surface area contributed by atoms with E-state index < -0.39 is 0 Å². The highest BCUT2D eigenvalue weighted by Crippen LogP contribution is 2.19. The van der Waals surface area contributed by atoms with E-state index in [4.69, 9.17) is 0 Å². The highest BCUT2D eigenvalue weighted by Gasteiger charge is 2.26. The van der Waals surface area contributed by atoms with Crippen LogP contribution in [0.3, 0.4) is 0 Å². The van der Waals surface area contributed by atoms with E-state index in [0.29, 0.717) is 12.1 Å². The van der Waals surface area contributed by atoms with Crippen LogP contribution < -0.4 is 5.32 Å². The largest absolute Gasteiger partial charge is 0.311 e. The van der Waals surface area contributed by atoms with Crippen molar-refractivity contribution in [3.63, 3.8) is 0 Å². The Kier molecular flexibility index (Phi) is 6.46. The molecule has 2 rings (SSSR count). The molecule has 2 heterocycles. The molecule has 0 spiro atoms. The highest BCUT2D eigenvalue weighted by molar-refractivity contribution is 9.10. The van der Waals surface area contributed by atoms with E-state index >= 15 is 0 Å². The number of piperazine rings is 1. The molecular weight excluding hydrogens is 314 g/mol. The van der Waals surface area contributed by atoms with Gasteiger partial charge in [-0.25, -0.2) is 0 Å². The summed E-state index contributed by atoms with van der Waals surface area (Å²) in [6.07, 6.45) is 8.88. The van der Waals surface area contributed by atoms with Crippen LogP contribution in [0.15, 0.2) is 22.9 Å². The Morgan fingerprint density at radius 3 is 2.80 bits per heavy atom. The van der Waals surface area contributed by atoms with E-state index in [1.165, 1.54) is 31.2 Å². The summed E-state index contributed by atoms with van der Waals surface area (Å²) in [5.74, 6) is 0. The normalized spacial score (nSPS) is 23.9. The molecule has 0 aromatic carbocycles. The smallest absolute Gasteiger partial charge is 0.0410 e. The van der Waals surface area contributed by atoms with Gasteiger partial charge >= 0.3 is 0 Å². The van der Waals surface area contributed by atoms with Gasteiger partial charge in [-0.1, -0.05) is 26.7 Å². The molecule has 1 N–H and O–H groups in total. The second kappa shape index (κ2) is 8.11. The van der Waals surface area contributed by atoms with Crippen molar-refractivity contribution in [2.45, 2.75) is 58.2 Å². The van der Waals surface area contributed by atoms with E-state index in [2.05, 4.69) is 51.0 Å². The maximum absolute atomic E-state index is 4.29. The van der Waals surface area contributed by atoms with Crippen LogP contribution in [0.1, 0.15) is 45.1 Å². The SMILES string of the molecule is CCCC1CN(Cc2cncc(Br)c2)C(CCC)CN1. The number of hydrogen-bond donors (Lipinski definition) is 1. The lowest BCUT2D eigenvalue weighted by Gasteiger charge is -2.40. The van der Waals surface area contributed by atoms with Gasteiger partial charge in [-0.3, -0.25) is 9.88 Å². The van der Waals surface area contributed by atoms with Crippen LogP contribution in [0.2, 0.25) is 0 Å². The van der Waals surface area contributed by atoms with E-state index in [1.807, 2.05) is 12.4 Å². The average Bonchev–Trinajstić information content (AvgIpc) is 2.42. The number of hydrogen-bond acceptors (Lipinski definition) is 3. The summed E-state index contributed by atoms with van der Waals surface area (Å²) in [7, 11) is 0. The molecule has 4 heteroatoms. The minimum absolute atomic E-state index is 0.646. The average molecular weight is 340 g/mol. The summed E-state index contributed by atoms with van der Waals surface area (Å²) in [5.41, 5.74) is 1.30. The molecule has 2 unspecified atom stereocenters. The van der Waals surface area contributed by atoms with Gasteiger partial charge < -0.3 is 5.32 Å². The molecule has 1 fully saturated rings. The van der Waals surface area contributed by atoms with Crippen LogP contribution >= 0.6 is 15.9 Å². The summed E-state index contributed by atoms with van der Waals surface area (Å²) in [5, 5.41) is 3.72. The minimum atomic E-state index is 0.646. The third-order valence-corrected chi connectivity index (χ3v) is 4.45. The number of nitrogens with one attached hydrogen (secondary N) is 1. The van der Waals surface area contributed by atoms with Crippen LogP contribution in [0, 0.1) is 0 Å². The quantitative estimate of drug-likeness (QED) is 0.858. The van der Waals surface area contributed by atoms with E-state index in [-0.39, 0.29) is 0 Å². The van der Waals surface area contributed by atoms with Crippen molar-refractivity contribution in [1.29, 1.82) is 0 Å². The standard InChI is InChI=1S/C16H26BrN3/c1-3-5-15-12-20(16(6-4-2)10-19-15)11-13-7-14(17)9-18-8-13/h7-9,15-16,19H,3-6,10-12H2,1-2H3. The summed E-state index contributed by atoms with van der Waals surface area (Å²) >= 11 is 3.52. The van der Waals surface area contributed by atoms with Crippen molar-refractivity contribution in [3.8, 4) is 0 Å². The molecule has 20 heavy (non-hydrogen) atoms. The summed E-state index contributed by atoms with van der Waals surface area (Å²) < 4.78 is 1.07. The molecule has 1 aromatic heterocycles. The number of nitrogens with zero attached hydrogens (tertiary/aromatic N) is 2. The summed E-state index contributed by atoms with van der Waals surface area (Å²) in [6.45, 7) is 7.84. The third-order valence-electron chi connectivity index (χ3n) is 4.02. The number of halogens is 1. The van der Waals surface area contributed by atoms with E-state index in [0.717, 1.165) is 24.1 Å². The van der Waals surface area contributed by atoms with Crippen molar-refractivity contribution >= 4 is 15.9 Å². The van der Waals surface area contributed by atoms with Crippen LogP contribution in [0.25, 0.3) is 0 Å². The summed E-state index contributed by atoms with van der Waals surface area (Å²) in [4.78, 5) is 6.93. The zero-order valence-corrected chi connectivity index (χ0v) is 14.2. The molecule has 2 atom stereocenters. The van der Waals surface area contributed by atoms with Gasteiger partial charge in [0.1, 0.15) is 0 Å². The fourth-order valence-electron chi connectivity index (χ4n) is 3.06. The Morgan fingerprint density at radius 2 is 2.10 bits per heavy atom. The van der Waals surface area contributed by atoms with E-state index in [9.17, 15) is 0 Å². The fraction of sp³-hybridized carbons (Fsp3) is 0.688. The molecule has 0 radical (unpaired) electrons. The van der Waals surface area contributed by atoms with Gasteiger partial charge in [0.15, 0.2) is 0 Å². The predicted molar refractivity (Wildman–Crippen MR) is 87.7 cm³/mol. The number of rotatable bonds is 6. The van der Waals surface area contributed by atoms with Crippen molar-refractivity contribution < 1.29 is 0 Å². The first kappa shape index (κ1) is 15.9. The zero-order chi connectivity index (χ0) is 14.4. The van der Waals surface area contributed by atoms with Crippen LogP contribution in [-0.4, -0.2) is 35.1 Å². The topological polar surface area (TPSA) is 28.2 Å². The zero-order valence-electron chi connectivity index (χ0n) is 12.6. The van der Waals surface area contributed by atoms with Crippen molar-refractivity contribution in [2.75, 3.05) is 13.1 Å². The molecule has 0 amide bonds. The Bertz CT molecular complexity index is 410. The lowest BCUT2D eigenvalue weighted by Crippen LogP contribution is -2.55. The van der Waals surface area contributed by atoms with Crippen LogP contribution in [0.5, 0.6) is 0 Å². The number of aromatic nitrogens is 1. The summed E-state index contributed by atoms with van der Waals surface area (Å²) in [6, 6.07) is 3.49. The van der Waals surface area contributed by atoms with Gasteiger partial charge in [-0.2, -0.15) is 0 Å². The lowest BCUT2D eigenvalue weighted by atomic mass is 10.0. The van der Waals surface area contributed by atoms with Crippen LogP contribution in [0.4, 0.5) is 0 Å². The number of pyridine rings is 1. The molecule has 3 nitrogen and oxygen atoms in total. The molecule has 0 saturated carbocycles. The maximum Gasteiger partial charge on any atom is 0.0410 e. The molecule has 0 aliphatic carbocycles. The fourth-order valence-corrected chi connectivity index (χ4v) is 3.47. The first-order valence-electron chi connectivity index (χ1n) is 7.79. The predicted octanol–water partition coefficient (Wildman–Crippen LogP) is 3.59. The Balaban J connectivity index is 2.02. The molecule has 1 aromatic rings. The first-order valence-corrected chi connectivity index (χ1v) is 8.59. The Morgan fingerprint density at radius 1 is 1.30 bits per heavy atom. The Hall–Kier alpha value is -0.450. The first-order chi connectivity index (χ1) is 9.72. The van der Waals surface area contributed by atoms with Gasteiger partial charge in [0.2, 0.25) is 0 Å². The Labute approximate surface area is 131 Å². The lowest BCUT2D eigenvalue weighted by molar-refractivity contribution is 0.111. The van der Waals surface area contributed by atoms with Crippen molar-refractivity contribution in [3.05, 3.63) is 28.5 Å². The minimum Gasteiger partial charge on any atom is -0.311 e. The van der Waals surface area contributed by atoms with Crippen molar-refractivity contribution in [1.82, 2.24) is 15.2 Å². The molecule has 112 valence electrons. The maximum atomic E-state index is 4.29. The second-order valence-corrected chi connectivity index (χ2v) is 6.69. The highest BCUT2D eigenvalue weighted by atomic mass is 79.9. The van der Waals surface area contributed by atoms with Crippen LogP contribution in [-0.2, 0) is 6.54 Å². The molecule has 0 bridgehead atoms.